The Morgan fingerprint density at radius 1 is 1.16 bits per heavy atom. The quantitative estimate of drug-likeness (QED) is 0.879. The van der Waals surface area contributed by atoms with Gasteiger partial charge in [0.15, 0.2) is 0 Å². The molecule has 1 aromatic carbocycles. The van der Waals surface area contributed by atoms with Gasteiger partial charge in [0.05, 0.1) is 5.92 Å². The Bertz CT molecular complexity index is 510. The Balaban J connectivity index is 1.98. The Morgan fingerprint density at radius 3 is 2.42 bits per heavy atom. The molecular formula is C15H19NO3. The number of nitrogens with one attached hydrogen (secondary N) is 1. The van der Waals surface area contributed by atoms with Gasteiger partial charge in [-0.15, -0.1) is 0 Å². The van der Waals surface area contributed by atoms with Crippen molar-refractivity contribution in [2.75, 3.05) is 5.32 Å². The fraction of sp³-hybridized carbons (Fsp3) is 0.467. The van der Waals surface area contributed by atoms with Crippen LogP contribution in [0, 0.1) is 25.7 Å². The van der Waals surface area contributed by atoms with Crippen molar-refractivity contribution in [3.8, 4) is 0 Å². The first-order valence-corrected chi connectivity index (χ1v) is 6.58. The van der Waals surface area contributed by atoms with Crippen LogP contribution in [-0.2, 0) is 9.59 Å². The summed E-state index contributed by atoms with van der Waals surface area (Å²) in [6.07, 6.45) is 1.71. The number of carbonyl (C=O) groups excluding carboxylic acids is 1. The Morgan fingerprint density at radius 2 is 1.84 bits per heavy atom. The first-order valence-electron chi connectivity index (χ1n) is 6.58. The average Bonchev–Trinajstić information content (AvgIpc) is 2.83. The molecule has 0 radical (unpaired) electrons. The monoisotopic (exact) mass is 261 g/mol. The molecule has 1 aliphatic rings. The smallest absolute Gasteiger partial charge is 0.306 e. The molecule has 0 saturated heterocycles. The third kappa shape index (κ3) is 3.13. The maximum atomic E-state index is 12.1. The zero-order valence-corrected chi connectivity index (χ0v) is 11.3. The molecule has 2 rings (SSSR count). The van der Waals surface area contributed by atoms with Crippen molar-refractivity contribution in [3.05, 3.63) is 29.3 Å². The van der Waals surface area contributed by atoms with Crippen molar-refractivity contribution in [1.82, 2.24) is 0 Å². The van der Waals surface area contributed by atoms with Crippen LogP contribution in [0.2, 0.25) is 0 Å². The van der Waals surface area contributed by atoms with E-state index in [1.165, 1.54) is 5.56 Å². The summed E-state index contributed by atoms with van der Waals surface area (Å²) in [5.41, 5.74) is 3.10. The minimum absolute atomic E-state index is 0.0630. The van der Waals surface area contributed by atoms with Crippen LogP contribution in [0.25, 0.3) is 0 Å². The molecule has 1 fully saturated rings. The molecule has 0 aliphatic heterocycles. The molecule has 1 aliphatic carbocycles. The molecule has 102 valence electrons. The summed E-state index contributed by atoms with van der Waals surface area (Å²) in [6, 6.07) is 5.79. The molecule has 1 amide bonds. The number of carbonyl (C=O) groups is 2. The van der Waals surface area contributed by atoms with E-state index in [2.05, 4.69) is 5.32 Å². The summed E-state index contributed by atoms with van der Waals surface area (Å²) >= 11 is 0. The van der Waals surface area contributed by atoms with Gasteiger partial charge in [0, 0.05) is 11.6 Å². The number of carboxylic acid groups (broad SMARTS) is 1. The van der Waals surface area contributed by atoms with Crippen LogP contribution in [-0.4, -0.2) is 17.0 Å². The number of benzene rings is 1. The second-order valence-corrected chi connectivity index (χ2v) is 5.33. The zero-order valence-electron chi connectivity index (χ0n) is 11.3. The van der Waals surface area contributed by atoms with Gasteiger partial charge < -0.3 is 10.4 Å². The Hall–Kier alpha value is -1.84. The summed E-state index contributed by atoms with van der Waals surface area (Å²) in [5.74, 6) is -1.40. The first-order chi connectivity index (χ1) is 8.97. The lowest BCUT2D eigenvalue weighted by Gasteiger charge is -2.12. The molecule has 1 saturated carbocycles. The highest BCUT2D eigenvalue weighted by molar-refractivity contribution is 5.93. The van der Waals surface area contributed by atoms with Crippen LogP contribution in [0.1, 0.15) is 30.4 Å². The van der Waals surface area contributed by atoms with Crippen molar-refractivity contribution >= 4 is 17.6 Å². The van der Waals surface area contributed by atoms with Gasteiger partial charge in [-0.25, -0.2) is 0 Å². The summed E-state index contributed by atoms with van der Waals surface area (Å²) in [5, 5.41) is 11.8. The number of carboxylic acids is 1. The second kappa shape index (κ2) is 5.43. The zero-order chi connectivity index (χ0) is 14.0. The lowest BCUT2D eigenvalue weighted by atomic mass is 10.0. The van der Waals surface area contributed by atoms with E-state index in [0.29, 0.717) is 19.3 Å². The SMILES string of the molecule is Cc1ccc(NC(=O)[C@@H]2CC[C@H](C(=O)O)C2)cc1C. The molecule has 0 spiro atoms. The van der Waals surface area contributed by atoms with E-state index in [1.54, 1.807) is 0 Å². The molecule has 19 heavy (non-hydrogen) atoms. The van der Waals surface area contributed by atoms with Gasteiger partial charge in [-0.05, 0) is 56.4 Å². The van der Waals surface area contributed by atoms with Gasteiger partial charge in [0.25, 0.3) is 0 Å². The Kier molecular flexibility index (Phi) is 3.88. The van der Waals surface area contributed by atoms with E-state index in [1.807, 2.05) is 32.0 Å². The van der Waals surface area contributed by atoms with Crippen LogP contribution in [0.3, 0.4) is 0 Å². The predicted octanol–water partition coefficient (Wildman–Crippen LogP) is 2.74. The fourth-order valence-corrected chi connectivity index (χ4v) is 2.51. The van der Waals surface area contributed by atoms with E-state index in [4.69, 9.17) is 5.11 Å². The Labute approximate surface area is 112 Å². The standard InChI is InChI=1S/C15H19NO3/c1-9-3-6-13(7-10(9)2)16-14(17)11-4-5-12(8-11)15(18)19/h3,6-7,11-12H,4-5,8H2,1-2H3,(H,16,17)(H,18,19)/t11-,12+/m1/s1. The highest BCUT2D eigenvalue weighted by Gasteiger charge is 2.33. The normalized spacial score (nSPS) is 22.2. The van der Waals surface area contributed by atoms with E-state index >= 15 is 0 Å². The van der Waals surface area contributed by atoms with E-state index in [0.717, 1.165) is 11.3 Å². The maximum Gasteiger partial charge on any atom is 0.306 e. The molecule has 0 bridgehead atoms. The highest BCUT2D eigenvalue weighted by Crippen LogP contribution is 2.32. The maximum absolute atomic E-state index is 12.1. The predicted molar refractivity (Wildman–Crippen MR) is 73.0 cm³/mol. The molecule has 4 nitrogen and oxygen atoms in total. The fourth-order valence-electron chi connectivity index (χ4n) is 2.51. The molecular weight excluding hydrogens is 242 g/mol. The van der Waals surface area contributed by atoms with Gasteiger partial charge in [0.2, 0.25) is 5.91 Å². The number of amides is 1. The van der Waals surface area contributed by atoms with E-state index in [9.17, 15) is 9.59 Å². The third-order valence-electron chi connectivity index (χ3n) is 3.93. The highest BCUT2D eigenvalue weighted by atomic mass is 16.4. The lowest BCUT2D eigenvalue weighted by molar-refractivity contribution is -0.141. The van der Waals surface area contributed by atoms with Crippen molar-refractivity contribution in [1.29, 1.82) is 0 Å². The van der Waals surface area contributed by atoms with Crippen LogP contribution in [0.15, 0.2) is 18.2 Å². The molecule has 0 unspecified atom stereocenters. The molecule has 2 atom stereocenters. The second-order valence-electron chi connectivity index (χ2n) is 5.33. The van der Waals surface area contributed by atoms with Crippen molar-refractivity contribution in [2.45, 2.75) is 33.1 Å². The average molecular weight is 261 g/mol. The van der Waals surface area contributed by atoms with Crippen molar-refractivity contribution in [2.24, 2.45) is 11.8 Å². The number of hydrogen-bond donors (Lipinski definition) is 2. The molecule has 4 heteroatoms. The topological polar surface area (TPSA) is 66.4 Å². The minimum atomic E-state index is -0.790. The summed E-state index contributed by atoms with van der Waals surface area (Å²) in [4.78, 5) is 23.0. The third-order valence-corrected chi connectivity index (χ3v) is 3.93. The summed E-state index contributed by atoms with van der Waals surface area (Å²) in [7, 11) is 0. The van der Waals surface area contributed by atoms with Gasteiger partial charge in [-0.2, -0.15) is 0 Å². The van der Waals surface area contributed by atoms with Crippen LogP contribution in [0.4, 0.5) is 5.69 Å². The van der Waals surface area contributed by atoms with Gasteiger partial charge in [-0.1, -0.05) is 6.07 Å². The number of aliphatic carboxylic acids is 1. The number of aryl methyl sites for hydroxylation is 2. The van der Waals surface area contributed by atoms with E-state index < -0.39 is 5.97 Å². The molecule has 0 aromatic heterocycles. The summed E-state index contributed by atoms with van der Waals surface area (Å²) in [6.45, 7) is 4.02. The molecule has 0 heterocycles. The molecule has 1 aromatic rings. The van der Waals surface area contributed by atoms with Crippen LogP contribution in [0.5, 0.6) is 0 Å². The number of hydrogen-bond acceptors (Lipinski definition) is 2. The van der Waals surface area contributed by atoms with Crippen molar-refractivity contribution in [3.63, 3.8) is 0 Å². The van der Waals surface area contributed by atoms with Gasteiger partial charge >= 0.3 is 5.97 Å². The minimum Gasteiger partial charge on any atom is -0.481 e. The number of rotatable bonds is 3. The van der Waals surface area contributed by atoms with E-state index in [-0.39, 0.29) is 17.7 Å². The first kappa shape index (κ1) is 13.6. The molecule has 2 N–H and O–H groups in total. The summed E-state index contributed by atoms with van der Waals surface area (Å²) < 4.78 is 0. The lowest BCUT2D eigenvalue weighted by Crippen LogP contribution is -2.21. The largest absolute Gasteiger partial charge is 0.481 e. The van der Waals surface area contributed by atoms with Crippen molar-refractivity contribution < 1.29 is 14.7 Å². The van der Waals surface area contributed by atoms with Gasteiger partial charge in [-0.3, -0.25) is 9.59 Å². The van der Waals surface area contributed by atoms with Crippen LogP contribution < -0.4 is 5.32 Å². The van der Waals surface area contributed by atoms with Gasteiger partial charge in [0.1, 0.15) is 0 Å². The number of anilines is 1. The van der Waals surface area contributed by atoms with Crippen LogP contribution >= 0.6 is 0 Å².